The number of nitrogens with zero attached hydrogens (tertiary/aromatic N) is 1. The van der Waals surface area contributed by atoms with Gasteiger partial charge in [0.05, 0.1) is 17.0 Å². The summed E-state index contributed by atoms with van der Waals surface area (Å²) in [6.07, 6.45) is 1.86. The van der Waals surface area contributed by atoms with Gasteiger partial charge in [-0.05, 0) is 80.5 Å². The number of methoxy groups -OCH3 is 1. The van der Waals surface area contributed by atoms with Crippen LogP contribution in [0.4, 0.5) is 13.2 Å². The molecule has 1 aromatic carbocycles. The highest BCUT2D eigenvalue weighted by atomic mass is 32.2. The molecule has 178 valence electrons. The van der Waals surface area contributed by atoms with Gasteiger partial charge in [-0.2, -0.15) is 0 Å². The van der Waals surface area contributed by atoms with Crippen molar-refractivity contribution in [2.24, 2.45) is 22.7 Å². The average molecular weight is 493 g/mol. The standard InChI is InChI=1S/C21H27F3N2O4S2/c1-29-6-7-31-19(25-20-11-14-8-15(12-20)10-16(9-14)13-20)26-32(27,28)18-4-2-17(3-5-18)30-21(22,23)24/h2-5,14-16H,6-13H2,1H3,(H,25,26). The van der Waals surface area contributed by atoms with Gasteiger partial charge in [-0.25, -0.2) is 8.42 Å². The van der Waals surface area contributed by atoms with Crippen molar-refractivity contribution in [3.8, 4) is 5.75 Å². The van der Waals surface area contributed by atoms with Crippen LogP contribution >= 0.6 is 11.8 Å². The van der Waals surface area contributed by atoms with Crippen LogP contribution in [0.2, 0.25) is 0 Å². The van der Waals surface area contributed by atoms with Crippen molar-refractivity contribution >= 4 is 27.0 Å². The zero-order chi connectivity index (χ0) is 23.0. The molecule has 4 bridgehead atoms. The van der Waals surface area contributed by atoms with Crippen molar-refractivity contribution in [2.45, 2.75) is 55.3 Å². The van der Waals surface area contributed by atoms with Gasteiger partial charge in [0.1, 0.15) is 5.75 Å². The van der Waals surface area contributed by atoms with Crippen LogP contribution in [0.5, 0.6) is 5.75 Å². The van der Waals surface area contributed by atoms with Crippen LogP contribution in [0.25, 0.3) is 0 Å². The maximum atomic E-state index is 13.0. The Hall–Kier alpha value is -1.46. The van der Waals surface area contributed by atoms with E-state index in [4.69, 9.17) is 9.73 Å². The molecular weight excluding hydrogens is 465 g/mol. The molecule has 11 heteroatoms. The molecular formula is C21H27F3N2O4S2. The van der Waals surface area contributed by atoms with Crippen molar-refractivity contribution in [3.05, 3.63) is 24.3 Å². The Kier molecular flexibility index (Phi) is 6.71. The molecule has 0 aliphatic heterocycles. The van der Waals surface area contributed by atoms with Crippen LogP contribution in [0.3, 0.4) is 0 Å². The molecule has 32 heavy (non-hydrogen) atoms. The molecule has 0 spiro atoms. The molecule has 6 nitrogen and oxygen atoms in total. The SMILES string of the molecule is COCCSC(=NC12CC3CC(CC(C3)C1)C2)NS(=O)(=O)c1ccc(OC(F)(F)F)cc1. The molecule has 0 aromatic heterocycles. The summed E-state index contributed by atoms with van der Waals surface area (Å²) in [5.41, 5.74) is -0.225. The van der Waals surface area contributed by atoms with Crippen molar-refractivity contribution in [2.75, 3.05) is 19.5 Å². The number of hydrogen-bond donors (Lipinski definition) is 1. The van der Waals surface area contributed by atoms with Crippen LogP contribution in [-0.2, 0) is 14.8 Å². The average Bonchev–Trinajstić information content (AvgIpc) is 2.65. The Bertz CT molecular complexity index is 914. The molecule has 1 aromatic rings. The predicted octanol–water partition coefficient (Wildman–Crippen LogP) is 4.57. The number of thioether (sulfide) groups is 1. The first-order valence-corrected chi connectivity index (χ1v) is 13.1. The minimum atomic E-state index is -4.84. The summed E-state index contributed by atoms with van der Waals surface area (Å²) in [6, 6.07) is 4.14. The first-order valence-electron chi connectivity index (χ1n) is 10.7. The van der Waals surface area contributed by atoms with E-state index in [1.54, 1.807) is 7.11 Å². The van der Waals surface area contributed by atoms with Gasteiger partial charge in [-0.1, -0.05) is 11.8 Å². The van der Waals surface area contributed by atoms with E-state index in [-0.39, 0.29) is 10.4 Å². The van der Waals surface area contributed by atoms with Gasteiger partial charge in [-0.3, -0.25) is 9.71 Å². The minimum Gasteiger partial charge on any atom is -0.406 e. The summed E-state index contributed by atoms with van der Waals surface area (Å²) < 4.78 is 74.5. The van der Waals surface area contributed by atoms with Gasteiger partial charge >= 0.3 is 6.36 Å². The van der Waals surface area contributed by atoms with E-state index in [2.05, 4.69) is 9.46 Å². The molecule has 5 rings (SSSR count). The van der Waals surface area contributed by atoms with Crippen molar-refractivity contribution < 1.29 is 31.1 Å². The second kappa shape index (κ2) is 9.06. The maximum absolute atomic E-state index is 13.0. The van der Waals surface area contributed by atoms with Gasteiger partial charge in [0.25, 0.3) is 10.0 Å². The number of sulfonamides is 1. The summed E-state index contributed by atoms with van der Waals surface area (Å²) in [5, 5.41) is 0.319. The first kappa shape index (κ1) is 23.7. The van der Waals surface area contributed by atoms with Gasteiger partial charge in [-0.15, -0.1) is 13.2 Å². The highest BCUT2D eigenvalue weighted by molar-refractivity contribution is 8.14. The van der Waals surface area contributed by atoms with E-state index < -0.39 is 22.1 Å². The quantitative estimate of drug-likeness (QED) is 0.343. The highest BCUT2D eigenvalue weighted by Crippen LogP contribution is 2.57. The third-order valence-corrected chi connectivity index (χ3v) is 8.78. The maximum Gasteiger partial charge on any atom is 0.573 e. The third kappa shape index (κ3) is 5.72. The fraction of sp³-hybridized carbons (Fsp3) is 0.667. The zero-order valence-corrected chi connectivity index (χ0v) is 19.4. The van der Waals surface area contributed by atoms with E-state index in [0.29, 0.717) is 35.3 Å². The number of aliphatic imine (C=N–C) groups is 1. The Labute approximate surface area is 190 Å². The number of halogens is 3. The number of ether oxygens (including phenoxy) is 2. The fourth-order valence-electron chi connectivity index (χ4n) is 5.72. The lowest BCUT2D eigenvalue weighted by molar-refractivity contribution is -0.274. The van der Waals surface area contributed by atoms with Crippen LogP contribution < -0.4 is 9.46 Å². The van der Waals surface area contributed by atoms with Gasteiger partial charge < -0.3 is 9.47 Å². The molecule has 0 radical (unpaired) electrons. The van der Waals surface area contributed by atoms with E-state index in [9.17, 15) is 21.6 Å². The highest BCUT2D eigenvalue weighted by Gasteiger charge is 2.51. The van der Waals surface area contributed by atoms with Gasteiger partial charge in [0.2, 0.25) is 0 Å². The number of amidine groups is 1. The number of nitrogens with one attached hydrogen (secondary N) is 1. The summed E-state index contributed by atoms with van der Waals surface area (Å²) in [6.45, 7) is 0.440. The largest absolute Gasteiger partial charge is 0.573 e. The molecule has 4 aliphatic rings. The van der Waals surface area contributed by atoms with E-state index in [1.165, 1.54) is 31.0 Å². The van der Waals surface area contributed by atoms with E-state index >= 15 is 0 Å². The molecule has 0 heterocycles. The Morgan fingerprint density at radius 1 is 1.12 bits per heavy atom. The summed E-state index contributed by atoms with van der Waals surface area (Å²) >= 11 is 1.29. The molecule has 0 atom stereocenters. The topological polar surface area (TPSA) is 77.0 Å². The molecule has 0 unspecified atom stereocenters. The predicted molar refractivity (Wildman–Crippen MR) is 116 cm³/mol. The molecule has 0 amide bonds. The van der Waals surface area contributed by atoms with Crippen LogP contribution in [0.1, 0.15) is 38.5 Å². The van der Waals surface area contributed by atoms with Crippen LogP contribution in [0.15, 0.2) is 34.2 Å². The van der Waals surface area contributed by atoms with Crippen LogP contribution in [-0.4, -0.2) is 45.0 Å². The normalized spacial score (nSPS) is 29.9. The smallest absolute Gasteiger partial charge is 0.406 e. The summed E-state index contributed by atoms with van der Waals surface area (Å²) in [5.74, 6) is 2.03. The minimum absolute atomic E-state index is 0.155. The van der Waals surface area contributed by atoms with Gasteiger partial charge in [0.15, 0.2) is 5.17 Å². The lowest BCUT2D eigenvalue weighted by Gasteiger charge is -2.55. The Balaban J connectivity index is 1.54. The Morgan fingerprint density at radius 3 is 2.19 bits per heavy atom. The van der Waals surface area contributed by atoms with E-state index in [0.717, 1.165) is 43.5 Å². The summed E-state index contributed by atoms with van der Waals surface area (Å²) in [7, 11) is -2.45. The van der Waals surface area contributed by atoms with Gasteiger partial charge in [0, 0.05) is 12.9 Å². The number of rotatable bonds is 7. The zero-order valence-electron chi connectivity index (χ0n) is 17.7. The first-order chi connectivity index (χ1) is 15.1. The van der Waals surface area contributed by atoms with Crippen molar-refractivity contribution in [1.29, 1.82) is 0 Å². The molecule has 0 saturated heterocycles. The number of benzene rings is 1. The van der Waals surface area contributed by atoms with Crippen LogP contribution in [0, 0.1) is 17.8 Å². The lowest BCUT2D eigenvalue weighted by Crippen LogP contribution is -2.50. The Morgan fingerprint density at radius 2 is 1.69 bits per heavy atom. The fourth-order valence-corrected chi connectivity index (χ4v) is 7.87. The van der Waals surface area contributed by atoms with Crippen molar-refractivity contribution in [1.82, 2.24) is 4.72 Å². The van der Waals surface area contributed by atoms with Crippen molar-refractivity contribution in [3.63, 3.8) is 0 Å². The summed E-state index contributed by atoms with van der Waals surface area (Å²) in [4.78, 5) is 4.82. The molecule has 1 N–H and O–H groups in total. The second-order valence-corrected chi connectivity index (χ2v) is 11.8. The number of hydrogen-bond acceptors (Lipinski definition) is 6. The monoisotopic (exact) mass is 492 g/mol. The van der Waals surface area contributed by atoms with E-state index in [1.807, 2.05) is 0 Å². The molecule has 4 saturated carbocycles. The number of alkyl halides is 3. The lowest BCUT2D eigenvalue weighted by atomic mass is 9.53. The third-order valence-electron chi connectivity index (χ3n) is 6.46. The second-order valence-electron chi connectivity index (χ2n) is 9.02. The molecule has 4 fully saturated rings. The molecule has 4 aliphatic carbocycles.